The number of nitrogens with zero attached hydrogens (tertiary/aromatic N) is 2. The topological polar surface area (TPSA) is 54.5 Å². The molecule has 0 bridgehead atoms. The maximum absolute atomic E-state index is 12.6. The molecule has 1 aliphatic rings. The molecule has 28 heavy (non-hydrogen) atoms. The number of morpholine rings is 1. The van der Waals surface area contributed by atoms with Gasteiger partial charge >= 0.3 is 0 Å². The van der Waals surface area contributed by atoms with Gasteiger partial charge in [0.2, 0.25) is 0 Å². The zero-order valence-electron chi connectivity index (χ0n) is 17.5. The Bertz CT molecular complexity index is 823. The number of carbonyl (C=O) groups is 1. The summed E-state index contributed by atoms with van der Waals surface area (Å²) in [6.07, 6.45) is 1.50. The van der Waals surface area contributed by atoms with E-state index in [9.17, 15) is 4.79 Å². The van der Waals surface area contributed by atoms with Gasteiger partial charge in [0.05, 0.1) is 17.9 Å². The van der Waals surface area contributed by atoms with E-state index in [-0.39, 0.29) is 18.1 Å². The number of amides is 1. The fourth-order valence-electron chi connectivity index (χ4n) is 3.83. The predicted molar refractivity (Wildman–Crippen MR) is 115 cm³/mol. The summed E-state index contributed by atoms with van der Waals surface area (Å²) in [7, 11) is 0. The predicted octanol–water partition coefficient (Wildman–Crippen LogP) is 3.96. The van der Waals surface area contributed by atoms with E-state index >= 15 is 0 Å². The Balaban J connectivity index is 1.54. The molecule has 1 aromatic heterocycles. The molecule has 152 valence electrons. The van der Waals surface area contributed by atoms with Crippen molar-refractivity contribution in [2.24, 2.45) is 0 Å². The molecule has 5 nitrogen and oxygen atoms in total. The van der Waals surface area contributed by atoms with Crippen LogP contribution in [0, 0.1) is 20.8 Å². The molecule has 2 heterocycles. The van der Waals surface area contributed by atoms with Crippen molar-refractivity contribution < 1.29 is 9.53 Å². The average molecular weight is 402 g/mol. The minimum atomic E-state index is -0.0188. The maximum Gasteiger partial charge on any atom is 0.263 e. The molecule has 2 atom stereocenters. The van der Waals surface area contributed by atoms with Gasteiger partial charge in [-0.3, -0.25) is 9.69 Å². The van der Waals surface area contributed by atoms with Gasteiger partial charge in [-0.05, 0) is 46.6 Å². The van der Waals surface area contributed by atoms with Crippen LogP contribution in [-0.2, 0) is 4.74 Å². The lowest BCUT2D eigenvalue weighted by Gasteiger charge is -2.35. The number of hydrogen-bond acceptors (Lipinski definition) is 5. The number of nitrogens with one attached hydrogen (secondary N) is 1. The second-order valence-corrected chi connectivity index (χ2v) is 8.88. The maximum atomic E-state index is 12.6. The second kappa shape index (κ2) is 9.16. The third-order valence-corrected chi connectivity index (χ3v) is 6.24. The van der Waals surface area contributed by atoms with Crippen LogP contribution in [0.1, 0.15) is 46.8 Å². The number of benzene rings is 1. The van der Waals surface area contributed by atoms with Crippen molar-refractivity contribution in [2.45, 2.75) is 53.2 Å². The van der Waals surface area contributed by atoms with Gasteiger partial charge in [0, 0.05) is 31.7 Å². The van der Waals surface area contributed by atoms with Crippen molar-refractivity contribution in [3.63, 3.8) is 0 Å². The summed E-state index contributed by atoms with van der Waals surface area (Å²) < 4.78 is 5.77. The van der Waals surface area contributed by atoms with Gasteiger partial charge in [-0.25, -0.2) is 4.98 Å². The Morgan fingerprint density at radius 3 is 2.64 bits per heavy atom. The zero-order valence-corrected chi connectivity index (χ0v) is 18.4. The number of ether oxygens (including phenoxy) is 1. The lowest BCUT2D eigenvalue weighted by atomic mass is 10.1. The van der Waals surface area contributed by atoms with Crippen LogP contribution in [0.4, 0.5) is 0 Å². The van der Waals surface area contributed by atoms with E-state index in [1.54, 1.807) is 0 Å². The zero-order chi connectivity index (χ0) is 20.3. The molecule has 1 fully saturated rings. The quantitative estimate of drug-likeness (QED) is 0.745. The minimum Gasteiger partial charge on any atom is -0.373 e. The van der Waals surface area contributed by atoms with Crippen molar-refractivity contribution >= 4 is 17.2 Å². The van der Waals surface area contributed by atoms with E-state index in [0.717, 1.165) is 42.3 Å². The van der Waals surface area contributed by atoms with Crippen LogP contribution in [0.15, 0.2) is 18.2 Å². The van der Waals surface area contributed by atoms with Crippen LogP contribution in [-0.4, -0.2) is 54.2 Å². The van der Waals surface area contributed by atoms with E-state index < -0.39 is 0 Å². The fourth-order valence-corrected chi connectivity index (χ4v) is 4.90. The number of rotatable bonds is 6. The molecule has 6 heteroatoms. The van der Waals surface area contributed by atoms with Crippen LogP contribution in [0.2, 0.25) is 0 Å². The van der Waals surface area contributed by atoms with Gasteiger partial charge < -0.3 is 10.1 Å². The molecule has 1 amide bonds. The highest BCUT2D eigenvalue weighted by atomic mass is 32.1. The van der Waals surface area contributed by atoms with E-state index in [1.807, 2.05) is 6.92 Å². The number of aryl methyl sites for hydroxylation is 3. The van der Waals surface area contributed by atoms with E-state index in [4.69, 9.17) is 4.74 Å². The molecule has 2 unspecified atom stereocenters. The Labute approximate surface area is 172 Å². The smallest absolute Gasteiger partial charge is 0.263 e. The second-order valence-electron chi connectivity index (χ2n) is 7.88. The van der Waals surface area contributed by atoms with Crippen LogP contribution < -0.4 is 5.32 Å². The molecule has 0 spiro atoms. The summed E-state index contributed by atoms with van der Waals surface area (Å²) >= 11 is 1.48. The molecule has 1 saturated heterocycles. The Morgan fingerprint density at radius 2 is 1.96 bits per heavy atom. The summed E-state index contributed by atoms with van der Waals surface area (Å²) in [6.45, 7) is 13.9. The number of aromatic nitrogens is 1. The normalized spacial score (nSPS) is 20.3. The minimum absolute atomic E-state index is 0.0188. The highest BCUT2D eigenvalue weighted by Gasteiger charge is 2.22. The lowest BCUT2D eigenvalue weighted by molar-refractivity contribution is -0.0679. The molecule has 1 aliphatic heterocycles. The molecular formula is C22H31N3O2S. The highest BCUT2D eigenvalue weighted by Crippen LogP contribution is 2.30. The summed E-state index contributed by atoms with van der Waals surface area (Å²) in [5.74, 6) is -0.0188. The highest BCUT2D eigenvalue weighted by molar-refractivity contribution is 7.17. The van der Waals surface area contributed by atoms with E-state index in [0.29, 0.717) is 11.4 Å². The monoisotopic (exact) mass is 401 g/mol. The van der Waals surface area contributed by atoms with Gasteiger partial charge in [0.25, 0.3) is 5.91 Å². The van der Waals surface area contributed by atoms with Crippen LogP contribution in [0.5, 0.6) is 0 Å². The van der Waals surface area contributed by atoms with Gasteiger partial charge in [0.15, 0.2) is 0 Å². The summed E-state index contributed by atoms with van der Waals surface area (Å²) in [5.41, 5.74) is 4.33. The van der Waals surface area contributed by atoms with Crippen molar-refractivity contribution in [1.82, 2.24) is 15.2 Å². The first-order valence-electron chi connectivity index (χ1n) is 10.0. The van der Waals surface area contributed by atoms with Crippen molar-refractivity contribution in [1.29, 1.82) is 0 Å². The Morgan fingerprint density at radius 1 is 1.25 bits per heavy atom. The average Bonchev–Trinajstić information content (AvgIpc) is 2.99. The van der Waals surface area contributed by atoms with Crippen molar-refractivity contribution in [2.75, 3.05) is 26.2 Å². The van der Waals surface area contributed by atoms with Crippen LogP contribution in [0.3, 0.4) is 0 Å². The number of thiazole rings is 1. The van der Waals surface area contributed by atoms with Gasteiger partial charge in [-0.15, -0.1) is 11.3 Å². The molecule has 2 aromatic rings. The van der Waals surface area contributed by atoms with Gasteiger partial charge in [0.1, 0.15) is 9.88 Å². The first kappa shape index (κ1) is 21.0. The number of hydrogen-bond donors (Lipinski definition) is 1. The van der Waals surface area contributed by atoms with E-state index in [1.165, 1.54) is 22.5 Å². The summed E-state index contributed by atoms with van der Waals surface area (Å²) in [4.78, 5) is 20.4. The molecule has 0 saturated carbocycles. The molecular weight excluding hydrogens is 370 g/mol. The molecule has 0 aliphatic carbocycles. The summed E-state index contributed by atoms with van der Waals surface area (Å²) in [6, 6.07) is 6.33. The Kier molecular flexibility index (Phi) is 6.86. The molecule has 3 rings (SSSR count). The molecule has 1 aromatic carbocycles. The fraction of sp³-hybridized carbons (Fsp3) is 0.545. The SMILES string of the molecule is Cc1ccc(-c2nc(C)c(C(=O)NCCCN3CC(C)OC(C)C3)s2)c(C)c1. The summed E-state index contributed by atoms with van der Waals surface area (Å²) in [5, 5.41) is 3.98. The van der Waals surface area contributed by atoms with Crippen molar-refractivity contribution in [3.8, 4) is 10.6 Å². The Hall–Kier alpha value is -1.76. The molecule has 0 radical (unpaired) electrons. The first-order valence-corrected chi connectivity index (χ1v) is 10.9. The van der Waals surface area contributed by atoms with Gasteiger partial charge in [-0.1, -0.05) is 23.8 Å². The van der Waals surface area contributed by atoms with Crippen LogP contribution in [0.25, 0.3) is 10.6 Å². The standard InChI is InChI=1S/C22H31N3O2S/c1-14-7-8-19(15(2)11-14)22-24-18(5)20(28-22)21(26)23-9-6-10-25-12-16(3)27-17(4)13-25/h7-8,11,16-17H,6,9-10,12-13H2,1-5H3,(H,23,26). The lowest BCUT2D eigenvalue weighted by Crippen LogP contribution is -2.46. The third kappa shape index (κ3) is 5.19. The van der Waals surface area contributed by atoms with Crippen LogP contribution >= 0.6 is 11.3 Å². The number of carbonyl (C=O) groups excluding carboxylic acids is 1. The van der Waals surface area contributed by atoms with Gasteiger partial charge in [-0.2, -0.15) is 0 Å². The largest absolute Gasteiger partial charge is 0.373 e. The van der Waals surface area contributed by atoms with Crippen molar-refractivity contribution in [3.05, 3.63) is 39.9 Å². The molecule has 1 N–H and O–H groups in total. The van der Waals surface area contributed by atoms with E-state index in [2.05, 4.69) is 61.1 Å². The first-order chi connectivity index (χ1) is 13.3. The third-order valence-electron chi connectivity index (χ3n) is 5.05.